The summed E-state index contributed by atoms with van der Waals surface area (Å²) in [4.78, 5) is 0. The molecule has 2 rings (SSSR count). The fourth-order valence-electron chi connectivity index (χ4n) is 3.25. The summed E-state index contributed by atoms with van der Waals surface area (Å²) >= 11 is 0. The van der Waals surface area contributed by atoms with E-state index in [1.807, 2.05) is 0 Å². The van der Waals surface area contributed by atoms with Crippen molar-refractivity contribution in [3.63, 3.8) is 0 Å². The second kappa shape index (κ2) is 7.19. The highest BCUT2D eigenvalue weighted by atomic mass is 16.5. The zero-order valence-corrected chi connectivity index (χ0v) is 12.1. The first kappa shape index (κ1) is 13.9. The molecule has 2 aliphatic rings. The summed E-state index contributed by atoms with van der Waals surface area (Å²) in [6.45, 7) is 5.33. The van der Waals surface area contributed by atoms with Gasteiger partial charge in [0.25, 0.3) is 0 Å². The molecule has 2 fully saturated rings. The first-order valence-electron chi connectivity index (χ1n) is 7.90. The van der Waals surface area contributed by atoms with Crippen molar-refractivity contribution in [3.8, 4) is 11.8 Å². The lowest BCUT2D eigenvalue weighted by molar-refractivity contribution is 0.0310. The van der Waals surface area contributed by atoms with E-state index >= 15 is 0 Å². The van der Waals surface area contributed by atoms with Gasteiger partial charge >= 0.3 is 0 Å². The second-order valence-electron chi connectivity index (χ2n) is 6.17. The SMILES string of the molecule is CCOC1CCC(C#CC2CCC(C)CC2)CC1. The van der Waals surface area contributed by atoms with Crippen LogP contribution >= 0.6 is 0 Å². The van der Waals surface area contributed by atoms with Crippen LogP contribution in [0.4, 0.5) is 0 Å². The van der Waals surface area contributed by atoms with Gasteiger partial charge in [-0.2, -0.15) is 0 Å². The minimum absolute atomic E-state index is 0.517. The highest BCUT2D eigenvalue weighted by Gasteiger charge is 2.20. The third kappa shape index (κ3) is 4.32. The van der Waals surface area contributed by atoms with E-state index in [2.05, 4.69) is 25.7 Å². The lowest BCUT2D eigenvalue weighted by atomic mass is 9.82. The molecule has 18 heavy (non-hydrogen) atoms. The smallest absolute Gasteiger partial charge is 0.0575 e. The van der Waals surface area contributed by atoms with Crippen molar-refractivity contribution >= 4 is 0 Å². The number of ether oxygens (including phenoxy) is 1. The lowest BCUT2D eigenvalue weighted by Crippen LogP contribution is -2.21. The van der Waals surface area contributed by atoms with E-state index in [1.54, 1.807) is 0 Å². The molecule has 0 unspecified atom stereocenters. The molecule has 1 heteroatoms. The monoisotopic (exact) mass is 248 g/mol. The Morgan fingerprint density at radius 3 is 1.83 bits per heavy atom. The largest absolute Gasteiger partial charge is 0.379 e. The molecule has 102 valence electrons. The predicted molar refractivity (Wildman–Crippen MR) is 76.3 cm³/mol. The van der Waals surface area contributed by atoms with Crippen LogP contribution in [-0.4, -0.2) is 12.7 Å². The van der Waals surface area contributed by atoms with Gasteiger partial charge in [0.1, 0.15) is 0 Å². The van der Waals surface area contributed by atoms with Gasteiger partial charge in [-0.25, -0.2) is 0 Å². The fourth-order valence-corrected chi connectivity index (χ4v) is 3.25. The van der Waals surface area contributed by atoms with Crippen molar-refractivity contribution in [2.45, 2.75) is 71.3 Å². The third-order valence-corrected chi connectivity index (χ3v) is 4.58. The molecule has 2 aliphatic carbocycles. The second-order valence-corrected chi connectivity index (χ2v) is 6.17. The third-order valence-electron chi connectivity index (χ3n) is 4.58. The van der Waals surface area contributed by atoms with E-state index in [4.69, 9.17) is 4.74 Å². The normalized spacial score (nSPS) is 36.8. The molecule has 0 aromatic heterocycles. The summed E-state index contributed by atoms with van der Waals surface area (Å²) in [5, 5.41) is 0. The molecule has 0 bridgehead atoms. The molecule has 0 atom stereocenters. The van der Waals surface area contributed by atoms with E-state index in [0.29, 0.717) is 17.9 Å². The van der Waals surface area contributed by atoms with Gasteiger partial charge in [-0.15, -0.1) is 0 Å². The molecular formula is C17H28O. The van der Waals surface area contributed by atoms with Gasteiger partial charge in [0, 0.05) is 18.4 Å². The van der Waals surface area contributed by atoms with Crippen LogP contribution in [0.25, 0.3) is 0 Å². The quantitative estimate of drug-likeness (QED) is 0.658. The van der Waals surface area contributed by atoms with Gasteiger partial charge in [-0.1, -0.05) is 18.8 Å². The topological polar surface area (TPSA) is 9.23 Å². The first-order valence-corrected chi connectivity index (χ1v) is 7.90. The summed E-state index contributed by atoms with van der Waals surface area (Å²) in [6.07, 6.45) is 10.9. The van der Waals surface area contributed by atoms with E-state index in [1.165, 1.54) is 51.4 Å². The van der Waals surface area contributed by atoms with Crippen LogP contribution < -0.4 is 0 Å². The summed E-state index contributed by atoms with van der Waals surface area (Å²) in [5.41, 5.74) is 0. The maximum atomic E-state index is 5.69. The minimum Gasteiger partial charge on any atom is -0.379 e. The van der Waals surface area contributed by atoms with Crippen molar-refractivity contribution in [2.24, 2.45) is 17.8 Å². The number of hydrogen-bond donors (Lipinski definition) is 0. The summed E-state index contributed by atoms with van der Waals surface area (Å²) in [6, 6.07) is 0. The molecule has 0 aromatic carbocycles. The molecule has 2 saturated carbocycles. The van der Waals surface area contributed by atoms with Crippen LogP contribution in [0.5, 0.6) is 0 Å². The molecule has 0 amide bonds. The molecule has 0 spiro atoms. The molecule has 0 radical (unpaired) electrons. The van der Waals surface area contributed by atoms with Gasteiger partial charge in [-0.05, 0) is 64.2 Å². The average molecular weight is 248 g/mol. The van der Waals surface area contributed by atoms with E-state index < -0.39 is 0 Å². The Morgan fingerprint density at radius 2 is 1.33 bits per heavy atom. The first-order chi connectivity index (χ1) is 8.78. The minimum atomic E-state index is 0.517. The Kier molecular flexibility index (Phi) is 5.57. The van der Waals surface area contributed by atoms with Crippen LogP contribution in [0.15, 0.2) is 0 Å². The maximum absolute atomic E-state index is 5.69. The fraction of sp³-hybridized carbons (Fsp3) is 0.882. The molecule has 0 aromatic rings. The van der Waals surface area contributed by atoms with Crippen molar-refractivity contribution in [2.75, 3.05) is 6.61 Å². The standard InChI is InChI=1S/C17H28O/c1-3-18-17-12-10-16(11-13-17)9-8-15-6-4-14(2)5-7-15/h14-17H,3-7,10-13H2,1-2H3. The Labute approximate surface area is 113 Å². The predicted octanol–water partition coefficient (Wildman–Crippen LogP) is 4.41. The van der Waals surface area contributed by atoms with Gasteiger partial charge in [0.2, 0.25) is 0 Å². The molecule has 0 saturated heterocycles. The van der Waals surface area contributed by atoms with Crippen LogP contribution in [0.2, 0.25) is 0 Å². The Morgan fingerprint density at radius 1 is 0.833 bits per heavy atom. The Balaban J connectivity index is 1.71. The van der Waals surface area contributed by atoms with Crippen molar-refractivity contribution in [1.82, 2.24) is 0 Å². The van der Waals surface area contributed by atoms with E-state index in [9.17, 15) is 0 Å². The van der Waals surface area contributed by atoms with Gasteiger partial charge in [0.15, 0.2) is 0 Å². The maximum Gasteiger partial charge on any atom is 0.0575 e. The molecule has 0 heterocycles. The van der Waals surface area contributed by atoms with Crippen molar-refractivity contribution < 1.29 is 4.74 Å². The van der Waals surface area contributed by atoms with Gasteiger partial charge in [-0.3, -0.25) is 0 Å². The van der Waals surface area contributed by atoms with Crippen molar-refractivity contribution in [3.05, 3.63) is 0 Å². The highest BCUT2D eigenvalue weighted by Crippen LogP contribution is 2.29. The molecule has 0 aliphatic heterocycles. The summed E-state index contributed by atoms with van der Waals surface area (Å²) < 4.78 is 5.69. The number of hydrogen-bond acceptors (Lipinski definition) is 1. The summed E-state index contributed by atoms with van der Waals surface area (Å²) in [5.74, 6) is 9.42. The summed E-state index contributed by atoms with van der Waals surface area (Å²) in [7, 11) is 0. The van der Waals surface area contributed by atoms with E-state index in [-0.39, 0.29) is 0 Å². The van der Waals surface area contributed by atoms with Crippen LogP contribution in [0, 0.1) is 29.6 Å². The van der Waals surface area contributed by atoms with Crippen LogP contribution in [-0.2, 0) is 4.74 Å². The molecular weight excluding hydrogens is 220 g/mol. The Bertz CT molecular complexity index is 282. The number of rotatable bonds is 2. The molecule has 1 nitrogen and oxygen atoms in total. The van der Waals surface area contributed by atoms with Gasteiger partial charge in [0.05, 0.1) is 6.10 Å². The Hall–Kier alpha value is -0.480. The van der Waals surface area contributed by atoms with E-state index in [0.717, 1.165) is 12.5 Å². The van der Waals surface area contributed by atoms with Crippen LogP contribution in [0.3, 0.4) is 0 Å². The zero-order chi connectivity index (χ0) is 12.8. The van der Waals surface area contributed by atoms with Crippen molar-refractivity contribution in [1.29, 1.82) is 0 Å². The zero-order valence-electron chi connectivity index (χ0n) is 12.1. The van der Waals surface area contributed by atoms with Gasteiger partial charge < -0.3 is 4.74 Å². The molecule has 0 N–H and O–H groups in total. The lowest BCUT2D eigenvalue weighted by Gasteiger charge is -2.26. The van der Waals surface area contributed by atoms with Crippen LogP contribution in [0.1, 0.15) is 65.2 Å². The average Bonchev–Trinajstić information content (AvgIpc) is 2.40. The highest BCUT2D eigenvalue weighted by molar-refractivity contribution is 5.09.